The Kier molecular flexibility index (Phi) is 2.48. The van der Waals surface area contributed by atoms with Crippen molar-refractivity contribution < 1.29 is 18.9 Å². The van der Waals surface area contributed by atoms with E-state index in [1.54, 1.807) is 7.11 Å². The number of ether oxygens (including phenoxy) is 4. The molecule has 0 N–H and O–H groups in total. The number of rotatable bonds is 1. The molecule has 2 saturated heterocycles. The van der Waals surface area contributed by atoms with Gasteiger partial charge < -0.3 is 18.9 Å². The van der Waals surface area contributed by atoms with E-state index in [-0.39, 0.29) is 17.2 Å². The Morgan fingerprint density at radius 2 is 2.12 bits per heavy atom. The van der Waals surface area contributed by atoms with Crippen molar-refractivity contribution in [3.63, 3.8) is 0 Å². The van der Waals surface area contributed by atoms with Crippen molar-refractivity contribution in [3.05, 3.63) is 35.4 Å². The number of morpholine rings is 1. The summed E-state index contributed by atoms with van der Waals surface area (Å²) in [7, 11) is 1.80. The lowest BCUT2D eigenvalue weighted by molar-refractivity contribution is -0.0221. The van der Waals surface area contributed by atoms with E-state index in [0.29, 0.717) is 12.9 Å². The van der Waals surface area contributed by atoms with Gasteiger partial charge in [0.1, 0.15) is 11.7 Å². The van der Waals surface area contributed by atoms with Gasteiger partial charge in [0.25, 0.3) is 0 Å². The normalized spacial score (nSPS) is 41.2. The van der Waals surface area contributed by atoms with Crippen LogP contribution in [-0.4, -0.2) is 49.7 Å². The average Bonchev–Trinajstić information content (AvgIpc) is 3.02. The number of hydrogen-bond donors (Lipinski definition) is 0. The predicted molar refractivity (Wildman–Crippen MR) is 86.3 cm³/mol. The fourth-order valence-electron chi connectivity index (χ4n) is 5.49. The van der Waals surface area contributed by atoms with Gasteiger partial charge in [0.2, 0.25) is 6.79 Å². The molecule has 0 saturated carbocycles. The van der Waals surface area contributed by atoms with Crippen LogP contribution >= 0.6 is 0 Å². The van der Waals surface area contributed by atoms with E-state index in [1.165, 1.54) is 17.5 Å². The molecule has 4 aliphatic heterocycles. The minimum absolute atomic E-state index is 0.123. The molecule has 0 bridgehead atoms. The van der Waals surface area contributed by atoms with Gasteiger partial charge in [-0.3, -0.25) is 4.90 Å². The molecule has 5 aliphatic rings. The molecule has 2 fully saturated rings. The van der Waals surface area contributed by atoms with Gasteiger partial charge in [-0.25, -0.2) is 0 Å². The van der Waals surface area contributed by atoms with Crippen LogP contribution in [0.2, 0.25) is 0 Å². The van der Waals surface area contributed by atoms with Gasteiger partial charge in [0.05, 0.1) is 11.6 Å². The molecule has 2 spiro atoms. The summed E-state index contributed by atoms with van der Waals surface area (Å²) in [5.74, 6) is 1.75. The van der Waals surface area contributed by atoms with Crippen molar-refractivity contribution in [3.8, 4) is 11.5 Å². The molecule has 6 rings (SSSR count). The molecule has 0 radical (unpaired) electrons. The summed E-state index contributed by atoms with van der Waals surface area (Å²) in [4.78, 5) is 2.64. The minimum atomic E-state index is -0.186. The van der Waals surface area contributed by atoms with Crippen molar-refractivity contribution in [2.75, 3.05) is 27.0 Å². The monoisotopic (exact) mass is 327 g/mol. The Balaban J connectivity index is 1.61. The number of methoxy groups -OCH3 is 1. The lowest BCUT2D eigenvalue weighted by Gasteiger charge is -2.47. The molecule has 0 unspecified atom stereocenters. The van der Waals surface area contributed by atoms with Gasteiger partial charge in [0, 0.05) is 20.1 Å². The Hall–Kier alpha value is -1.56. The summed E-state index contributed by atoms with van der Waals surface area (Å²) in [6.45, 7) is 2.43. The SMILES string of the molecule is CO[C@@H]1C=C[C@]23O[C@H]2CN2CCCc4cc5c(cc4[C@]23C1)OCO5. The topological polar surface area (TPSA) is 43.5 Å². The Morgan fingerprint density at radius 1 is 1.25 bits per heavy atom. The zero-order valence-electron chi connectivity index (χ0n) is 13.8. The third-order valence-electron chi connectivity index (χ3n) is 6.61. The molecule has 4 atom stereocenters. The first-order valence-electron chi connectivity index (χ1n) is 8.85. The fourth-order valence-corrected chi connectivity index (χ4v) is 5.49. The molecule has 1 aliphatic carbocycles. The summed E-state index contributed by atoms with van der Waals surface area (Å²) in [6, 6.07) is 4.41. The molecule has 126 valence electrons. The summed E-state index contributed by atoms with van der Waals surface area (Å²) in [5, 5.41) is 0. The van der Waals surface area contributed by atoms with E-state index in [0.717, 1.165) is 37.4 Å². The Labute approximate surface area is 141 Å². The van der Waals surface area contributed by atoms with Gasteiger partial charge in [-0.1, -0.05) is 6.08 Å². The van der Waals surface area contributed by atoms with Crippen LogP contribution < -0.4 is 9.47 Å². The summed E-state index contributed by atoms with van der Waals surface area (Å²) in [5.41, 5.74) is 2.41. The second kappa shape index (κ2) is 4.34. The maximum Gasteiger partial charge on any atom is 0.231 e. The van der Waals surface area contributed by atoms with Gasteiger partial charge in [-0.15, -0.1) is 0 Å². The zero-order valence-corrected chi connectivity index (χ0v) is 13.8. The fraction of sp³-hybridized carbons (Fsp3) is 0.579. The minimum Gasteiger partial charge on any atom is -0.454 e. The second-order valence-corrected chi connectivity index (χ2v) is 7.51. The first-order valence-corrected chi connectivity index (χ1v) is 8.85. The highest BCUT2D eigenvalue weighted by Gasteiger charge is 2.77. The van der Waals surface area contributed by atoms with Crippen LogP contribution in [0.25, 0.3) is 0 Å². The van der Waals surface area contributed by atoms with Crippen molar-refractivity contribution in [1.82, 2.24) is 4.90 Å². The molecule has 1 aromatic rings. The van der Waals surface area contributed by atoms with Crippen LogP contribution in [0.5, 0.6) is 11.5 Å². The van der Waals surface area contributed by atoms with E-state index in [4.69, 9.17) is 18.9 Å². The maximum absolute atomic E-state index is 6.27. The highest BCUT2D eigenvalue weighted by molar-refractivity contribution is 5.56. The average molecular weight is 327 g/mol. The van der Waals surface area contributed by atoms with Crippen LogP contribution in [0.1, 0.15) is 24.0 Å². The zero-order chi connectivity index (χ0) is 15.9. The van der Waals surface area contributed by atoms with Crippen LogP contribution in [0, 0.1) is 0 Å². The van der Waals surface area contributed by atoms with E-state index in [1.807, 2.05) is 0 Å². The number of benzene rings is 1. The number of fused-ring (bicyclic) bond motifs is 2. The van der Waals surface area contributed by atoms with E-state index in [2.05, 4.69) is 29.2 Å². The van der Waals surface area contributed by atoms with Gasteiger partial charge >= 0.3 is 0 Å². The lowest BCUT2D eigenvalue weighted by Crippen LogP contribution is -2.54. The van der Waals surface area contributed by atoms with Crippen LogP contribution in [0.4, 0.5) is 0 Å². The predicted octanol–water partition coefficient (Wildman–Crippen LogP) is 1.98. The first-order chi connectivity index (χ1) is 11.8. The third kappa shape index (κ3) is 1.43. The second-order valence-electron chi connectivity index (χ2n) is 7.51. The highest BCUT2D eigenvalue weighted by atomic mass is 16.7. The van der Waals surface area contributed by atoms with Gasteiger partial charge in [-0.05, 0) is 48.7 Å². The number of nitrogens with zero attached hydrogens (tertiary/aromatic N) is 1. The summed E-state index contributed by atoms with van der Waals surface area (Å²) < 4.78 is 23.3. The summed E-state index contributed by atoms with van der Waals surface area (Å²) >= 11 is 0. The van der Waals surface area contributed by atoms with E-state index < -0.39 is 0 Å². The number of aryl methyl sites for hydroxylation is 1. The van der Waals surface area contributed by atoms with Gasteiger partial charge in [-0.2, -0.15) is 0 Å². The third-order valence-corrected chi connectivity index (χ3v) is 6.61. The van der Waals surface area contributed by atoms with Gasteiger partial charge in [0.15, 0.2) is 11.5 Å². The van der Waals surface area contributed by atoms with Crippen LogP contribution in [0.15, 0.2) is 24.3 Å². The molecule has 0 amide bonds. The maximum atomic E-state index is 6.27. The summed E-state index contributed by atoms with van der Waals surface area (Å²) in [6.07, 6.45) is 8.07. The number of hydrogen-bond acceptors (Lipinski definition) is 5. The van der Waals surface area contributed by atoms with Crippen molar-refractivity contribution in [1.29, 1.82) is 0 Å². The molecule has 24 heavy (non-hydrogen) atoms. The molecule has 5 nitrogen and oxygen atoms in total. The molecule has 4 heterocycles. The van der Waals surface area contributed by atoms with Crippen LogP contribution in [-0.2, 0) is 21.4 Å². The smallest absolute Gasteiger partial charge is 0.231 e. The standard InChI is InChI=1S/C19H21NO4/c1-21-13-4-5-19-17(24-19)10-20-6-2-3-12-7-15-16(23-11-22-15)8-14(12)18(19,20)9-13/h4-5,7-8,13,17H,2-3,6,9-11H2,1H3/t13-,17+,18+,19+/m1/s1. The largest absolute Gasteiger partial charge is 0.454 e. The molecular weight excluding hydrogens is 306 g/mol. The van der Waals surface area contributed by atoms with Crippen LogP contribution in [0.3, 0.4) is 0 Å². The molecule has 0 aromatic heterocycles. The van der Waals surface area contributed by atoms with Crippen molar-refractivity contribution in [2.45, 2.75) is 42.6 Å². The Morgan fingerprint density at radius 3 is 3.00 bits per heavy atom. The quantitative estimate of drug-likeness (QED) is 0.583. The van der Waals surface area contributed by atoms with E-state index >= 15 is 0 Å². The highest BCUT2D eigenvalue weighted by Crippen LogP contribution is 2.65. The lowest BCUT2D eigenvalue weighted by atomic mass is 9.69. The van der Waals surface area contributed by atoms with Crippen molar-refractivity contribution in [2.24, 2.45) is 0 Å². The van der Waals surface area contributed by atoms with E-state index in [9.17, 15) is 0 Å². The first kappa shape index (κ1) is 13.7. The number of epoxide rings is 1. The molecular formula is C19H21NO4. The van der Waals surface area contributed by atoms with Crippen molar-refractivity contribution >= 4 is 0 Å². The Bertz CT molecular complexity index is 762. The molecule has 1 aromatic carbocycles. The molecule has 5 heteroatoms.